The number of rotatable bonds is 9. The summed E-state index contributed by atoms with van der Waals surface area (Å²) in [5.74, 6) is 2.61. The lowest BCUT2D eigenvalue weighted by molar-refractivity contribution is 0.264. The van der Waals surface area contributed by atoms with Crippen LogP contribution in [0.5, 0.6) is 5.75 Å². The number of likely N-dealkylation sites (tertiary alicyclic amines) is 1. The van der Waals surface area contributed by atoms with E-state index < -0.39 is 0 Å². The maximum Gasteiger partial charge on any atom is 0.198 e. The van der Waals surface area contributed by atoms with Crippen molar-refractivity contribution < 1.29 is 4.74 Å². The summed E-state index contributed by atoms with van der Waals surface area (Å²) < 4.78 is 5.69. The third-order valence-electron chi connectivity index (χ3n) is 5.49. The van der Waals surface area contributed by atoms with E-state index in [9.17, 15) is 0 Å². The molecule has 0 radical (unpaired) electrons. The molecule has 3 rings (SSSR count). The van der Waals surface area contributed by atoms with E-state index in [4.69, 9.17) is 15.5 Å². The van der Waals surface area contributed by atoms with Crippen LogP contribution in [0.4, 0.5) is 5.69 Å². The Hall–Kier alpha value is -2.53. The minimum absolute atomic E-state index is 0.666. The van der Waals surface area contributed by atoms with Gasteiger partial charge < -0.3 is 20.7 Å². The van der Waals surface area contributed by atoms with Crippen molar-refractivity contribution in [3.63, 3.8) is 0 Å². The summed E-state index contributed by atoms with van der Waals surface area (Å²) in [6.07, 6.45) is 5.46. The fraction of sp³-hybridized carbons (Fsp3) is 0.480. The molecule has 0 aromatic heterocycles. The SMILES string of the molecule is CCCOc1ccc(NC(=NCCCN)N2CCC(Cc3ccccc3)CC2)cc1. The van der Waals surface area contributed by atoms with Crippen LogP contribution in [0.3, 0.4) is 0 Å². The van der Waals surface area contributed by atoms with Crippen LogP contribution in [0, 0.1) is 5.92 Å². The lowest BCUT2D eigenvalue weighted by Gasteiger charge is -2.34. The number of hydrogen-bond acceptors (Lipinski definition) is 3. The molecule has 5 heteroatoms. The van der Waals surface area contributed by atoms with E-state index in [0.717, 1.165) is 62.4 Å². The van der Waals surface area contributed by atoms with E-state index in [2.05, 4.69) is 59.6 Å². The van der Waals surface area contributed by atoms with Crippen molar-refractivity contribution in [2.24, 2.45) is 16.6 Å². The molecular weight excluding hydrogens is 372 g/mol. The van der Waals surface area contributed by atoms with Gasteiger partial charge in [0.1, 0.15) is 5.75 Å². The molecule has 1 aliphatic heterocycles. The Balaban J connectivity index is 1.58. The van der Waals surface area contributed by atoms with Gasteiger partial charge in [-0.15, -0.1) is 0 Å². The number of nitrogens with zero attached hydrogens (tertiary/aromatic N) is 2. The molecular formula is C25H36N4O. The van der Waals surface area contributed by atoms with Gasteiger partial charge in [-0.1, -0.05) is 37.3 Å². The first-order valence-corrected chi connectivity index (χ1v) is 11.3. The zero-order valence-electron chi connectivity index (χ0n) is 18.2. The molecule has 2 aromatic carbocycles. The normalized spacial score (nSPS) is 15.3. The van der Waals surface area contributed by atoms with Gasteiger partial charge in [0, 0.05) is 25.3 Å². The second-order valence-corrected chi connectivity index (χ2v) is 7.97. The topological polar surface area (TPSA) is 62.9 Å². The van der Waals surface area contributed by atoms with Crippen molar-refractivity contribution in [3.05, 3.63) is 60.2 Å². The molecule has 1 saturated heterocycles. The molecule has 0 unspecified atom stereocenters. The Bertz CT molecular complexity index is 752. The quantitative estimate of drug-likeness (QED) is 0.363. The summed E-state index contributed by atoms with van der Waals surface area (Å²) in [6.45, 7) is 6.34. The van der Waals surface area contributed by atoms with Crippen LogP contribution in [0.1, 0.15) is 38.2 Å². The largest absolute Gasteiger partial charge is 0.494 e. The fourth-order valence-corrected chi connectivity index (χ4v) is 3.77. The van der Waals surface area contributed by atoms with Gasteiger partial charge in [-0.3, -0.25) is 4.99 Å². The van der Waals surface area contributed by atoms with Crippen molar-refractivity contribution in [2.45, 2.75) is 39.0 Å². The molecule has 0 amide bonds. The molecule has 0 spiro atoms. The van der Waals surface area contributed by atoms with Gasteiger partial charge in [0.25, 0.3) is 0 Å². The van der Waals surface area contributed by atoms with Gasteiger partial charge >= 0.3 is 0 Å². The highest BCUT2D eigenvalue weighted by Gasteiger charge is 2.22. The Morgan fingerprint density at radius 1 is 1.10 bits per heavy atom. The van der Waals surface area contributed by atoms with Crippen molar-refractivity contribution in [2.75, 3.05) is 38.1 Å². The number of hydrogen-bond donors (Lipinski definition) is 2. The monoisotopic (exact) mass is 408 g/mol. The highest BCUT2D eigenvalue weighted by molar-refractivity contribution is 5.93. The van der Waals surface area contributed by atoms with Crippen LogP contribution in [0.25, 0.3) is 0 Å². The number of nitrogens with one attached hydrogen (secondary N) is 1. The van der Waals surface area contributed by atoms with Crippen molar-refractivity contribution in [1.29, 1.82) is 0 Å². The fourth-order valence-electron chi connectivity index (χ4n) is 3.77. The summed E-state index contributed by atoms with van der Waals surface area (Å²) in [6, 6.07) is 19.0. The van der Waals surface area contributed by atoms with Gasteiger partial charge in [0.15, 0.2) is 5.96 Å². The van der Waals surface area contributed by atoms with E-state index >= 15 is 0 Å². The molecule has 1 fully saturated rings. The van der Waals surface area contributed by atoms with Gasteiger partial charge in [-0.25, -0.2) is 0 Å². The molecule has 0 saturated carbocycles. The van der Waals surface area contributed by atoms with E-state index in [-0.39, 0.29) is 0 Å². The predicted octanol–water partition coefficient (Wildman–Crippen LogP) is 4.55. The first kappa shape index (κ1) is 22.2. The lowest BCUT2D eigenvalue weighted by Crippen LogP contribution is -2.42. The van der Waals surface area contributed by atoms with Gasteiger partial charge in [-0.05, 0) is 74.4 Å². The van der Waals surface area contributed by atoms with Crippen LogP contribution in [-0.2, 0) is 6.42 Å². The second-order valence-electron chi connectivity index (χ2n) is 7.97. The standard InChI is InChI=1S/C25H36N4O/c1-2-19-30-24-11-9-23(10-12-24)28-25(27-16-6-15-26)29-17-13-22(14-18-29)20-21-7-4-3-5-8-21/h3-5,7-12,22H,2,6,13-20,26H2,1H3,(H,27,28). The number of anilines is 1. The van der Waals surface area contributed by atoms with Crippen LogP contribution >= 0.6 is 0 Å². The van der Waals surface area contributed by atoms with E-state index in [1.807, 2.05) is 12.1 Å². The number of guanidine groups is 1. The molecule has 0 atom stereocenters. The smallest absolute Gasteiger partial charge is 0.198 e. The third kappa shape index (κ3) is 7.06. The molecule has 30 heavy (non-hydrogen) atoms. The van der Waals surface area contributed by atoms with Crippen LogP contribution in [0.2, 0.25) is 0 Å². The molecule has 0 aliphatic carbocycles. The molecule has 162 valence electrons. The maximum absolute atomic E-state index is 5.69. The van der Waals surface area contributed by atoms with Crippen LogP contribution < -0.4 is 15.8 Å². The van der Waals surface area contributed by atoms with Gasteiger partial charge in [-0.2, -0.15) is 0 Å². The van der Waals surface area contributed by atoms with E-state index in [0.29, 0.717) is 6.54 Å². The number of ether oxygens (including phenoxy) is 1. The van der Waals surface area contributed by atoms with Crippen molar-refractivity contribution >= 4 is 11.6 Å². The van der Waals surface area contributed by atoms with E-state index in [1.54, 1.807) is 0 Å². The summed E-state index contributed by atoms with van der Waals surface area (Å²) in [7, 11) is 0. The summed E-state index contributed by atoms with van der Waals surface area (Å²) in [5.41, 5.74) is 8.16. The zero-order chi connectivity index (χ0) is 21.0. The molecule has 3 N–H and O–H groups in total. The Morgan fingerprint density at radius 3 is 2.50 bits per heavy atom. The molecule has 2 aromatic rings. The second kappa shape index (κ2) is 12.2. The zero-order valence-corrected chi connectivity index (χ0v) is 18.2. The van der Waals surface area contributed by atoms with Gasteiger partial charge in [0.2, 0.25) is 0 Å². The summed E-state index contributed by atoms with van der Waals surface area (Å²) in [4.78, 5) is 7.22. The van der Waals surface area contributed by atoms with Crippen LogP contribution in [0.15, 0.2) is 59.6 Å². The maximum atomic E-state index is 5.69. The minimum Gasteiger partial charge on any atom is -0.494 e. The van der Waals surface area contributed by atoms with E-state index in [1.165, 1.54) is 24.8 Å². The van der Waals surface area contributed by atoms with Crippen molar-refractivity contribution in [1.82, 2.24) is 4.90 Å². The molecule has 0 bridgehead atoms. The number of benzene rings is 2. The third-order valence-corrected chi connectivity index (χ3v) is 5.49. The summed E-state index contributed by atoms with van der Waals surface area (Å²) >= 11 is 0. The minimum atomic E-state index is 0.666. The Morgan fingerprint density at radius 2 is 1.83 bits per heavy atom. The molecule has 1 aliphatic rings. The lowest BCUT2D eigenvalue weighted by atomic mass is 9.90. The first-order valence-electron chi connectivity index (χ1n) is 11.3. The number of piperidine rings is 1. The highest BCUT2D eigenvalue weighted by Crippen LogP contribution is 2.23. The average Bonchev–Trinajstić information content (AvgIpc) is 2.79. The highest BCUT2D eigenvalue weighted by atomic mass is 16.5. The first-order chi connectivity index (χ1) is 14.8. The number of aliphatic imine (C=N–C) groups is 1. The molecule has 1 heterocycles. The predicted molar refractivity (Wildman–Crippen MR) is 126 cm³/mol. The number of nitrogens with two attached hydrogens (primary N) is 1. The average molecular weight is 409 g/mol. The summed E-state index contributed by atoms with van der Waals surface area (Å²) in [5, 5.41) is 3.54. The van der Waals surface area contributed by atoms with Gasteiger partial charge in [0.05, 0.1) is 6.61 Å². The Kier molecular flexibility index (Phi) is 9.04. The van der Waals surface area contributed by atoms with Crippen LogP contribution in [-0.4, -0.2) is 43.6 Å². The van der Waals surface area contributed by atoms with Crippen molar-refractivity contribution in [3.8, 4) is 5.75 Å². The molecule has 5 nitrogen and oxygen atoms in total. The Labute approximate surface area is 181 Å².